The van der Waals surface area contributed by atoms with Crippen LogP contribution in [0, 0.1) is 45.3 Å². The second-order valence-electron chi connectivity index (χ2n) is 12.9. The molecule has 0 aromatic rings. The molecule has 2 heteroatoms. The van der Waals surface area contributed by atoms with Crippen LogP contribution < -0.4 is 0 Å². The Morgan fingerprint density at radius 1 is 1.19 bits per heavy atom. The van der Waals surface area contributed by atoms with Crippen molar-refractivity contribution in [3.63, 3.8) is 0 Å². The molecule has 0 heterocycles. The standard InChI is InChI=1S/C29H48O2/c1-10-20(4)25-22-11-12-23-27(7,15-14-24(30)31)21(19(2)3)13-16-29(23,9)28(22,8)18-17-26(25,5)6/h11,20-21,23,25H,2,10,12-18H2,1,3-9H3,(H,30,31). The number of rotatable bonds is 6. The summed E-state index contributed by atoms with van der Waals surface area (Å²) in [4.78, 5) is 11.6. The molecule has 1 N–H and O–H groups in total. The predicted octanol–water partition coefficient (Wildman–Crippen LogP) is 8.28. The monoisotopic (exact) mass is 428 g/mol. The molecule has 3 aliphatic rings. The summed E-state index contributed by atoms with van der Waals surface area (Å²) in [5, 5.41) is 9.53. The third-order valence-corrected chi connectivity index (χ3v) is 10.9. The van der Waals surface area contributed by atoms with Gasteiger partial charge in [-0.2, -0.15) is 0 Å². The van der Waals surface area contributed by atoms with E-state index in [-0.39, 0.29) is 22.7 Å². The maximum absolute atomic E-state index is 11.6. The van der Waals surface area contributed by atoms with Crippen molar-refractivity contribution in [1.29, 1.82) is 0 Å². The average Bonchev–Trinajstić information content (AvgIpc) is 2.67. The lowest BCUT2D eigenvalue weighted by atomic mass is 9.36. The molecule has 0 amide bonds. The predicted molar refractivity (Wildman–Crippen MR) is 131 cm³/mol. The number of allylic oxidation sites excluding steroid dienone is 3. The number of hydrogen-bond acceptors (Lipinski definition) is 1. The highest BCUT2D eigenvalue weighted by atomic mass is 16.4. The van der Waals surface area contributed by atoms with E-state index in [1.165, 1.54) is 31.3 Å². The first kappa shape index (κ1) is 24.6. The highest BCUT2D eigenvalue weighted by molar-refractivity contribution is 5.66. The number of carbonyl (C=O) groups is 1. The largest absolute Gasteiger partial charge is 0.481 e. The van der Waals surface area contributed by atoms with Gasteiger partial charge in [-0.15, -0.1) is 0 Å². The number of fused-ring (bicyclic) bond motifs is 3. The molecule has 2 nitrogen and oxygen atoms in total. The van der Waals surface area contributed by atoms with Crippen molar-refractivity contribution in [1.82, 2.24) is 0 Å². The summed E-state index contributed by atoms with van der Waals surface area (Å²) in [6, 6.07) is 0. The first-order valence-corrected chi connectivity index (χ1v) is 12.8. The van der Waals surface area contributed by atoms with Crippen LogP contribution in [0.5, 0.6) is 0 Å². The van der Waals surface area contributed by atoms with E-state index in [1.807, 2.05) is 0 Å². The van der Waals surface area contributed by atoms with Crippen LogP contribution in [0.2, 0.25) is 0 Å². The zero-order valence-corrected chi connectivity index (χ0v) is 21.6. The quantitative estimate of drug-likeness (QED) is 0.432. The van der Waals surface area contributed by atoms with Crippen molar-refractivity contribution < 1.29 is 9.90 Å². The Balaban J connectivity index is 2.12. The van der Waals surface area contributed by atoms with Crippen molar-refractivity contribution in [2.45, 2.75) is 107 Å². The fourth-order valence-corrected chi connectivity index (χ4v) is 8.80. The second-order valence-corrected chi connectivity index (χ2v) is 12.9. The van der Waals surface area contributed by atoms with Crippen molar-refractivity contribution in [2.75, 3.05) is 0 Å². The molecule has 0 aromatic carbocycles. The van der Waals surface area contributed by atoms with Gasteiger partial charge in [0.15, 0.2) is 0 Å². The van der Waals surface area contributed by atoms with E-state index >= 15 is 0 Å². The van der Waals surface area contributed by atoms with E-state index in [9.17, 15) is 9.90 Å². The molecule has 0 aromatic heterocycles. The Bertz CT molecular complexity index is 761. The van der Waals surface area contributed by atoms with Gasteiger partial charge < -0.3 is 5.11 Å². The molecule has 2 fully saturated rings. The van der Waals surface area contributed by atoms with Gasteiger partial charge in [-0.3, -0.25) is 4.79 Å². The minimum atomic E-state index is -0.663. The van der Waals surface area contributed by atoms with E-state index in [2.05, 4.69) is 68.0 Å². The summed E-state index contributed by atoms with van der Waals surface area (Å²) in [6.45, 7) is 23.9. The van der Waals surface area contributed by atoms with Gasteiger partial charge >= 0.3 is 5.97 Å². The summed E-state index contributed by atoms with van der Waals surface area (Å²) in [7, 11) is 0. The number of hydrogen-bond donors (Lipinski definition) is 1. The molecule has 176 valence electrons. The zero-order valence-electron chi connectivity index (χ0n) is 21.6. The van der Waals surface area contributed by atoms with Crippen LogP contribution in [0.25, 0.3) is 0 Å². The van der Waals surface area contributed by atoms with Crippen molar-refractivity contribution in [2.24, 2.45) is 45.3 Å². The second kappa shape index (κ2) is 8.07. The molecule has 0 spiro atoms. The molecule has 0 bridgehead atoms. The van der Waals surface area contributed by atoms with Crippen LogP contribution in [-0.2, 0) is 4.79 Å². The molecule has 7 atom stereocenters. The highest BCUT2D eigenvalue weighted by Crippen LogP contribution is 2.72. The van der Waals surface area contributed by atoms with E-state index in [1.54, 1.807) is 5.57 Å². The molecule has 3 aliphatic carbocycles. The molecule has 2 saturated carbocycles. The Morgan fingerprint density at radius 3 is 2.39 bits per heavy atom. The van der Waals surface area contributed by atoms with Crippen LogP contribution in [0.4, 0.5) is 0 Å². The molecule has 0 saturated heterocycles. The summed E-state index contributed by atoms with van der Waals surface area (Å²) >= 11 is 0. The van der Waals surface area contributed by atoms with Gasteiger partial charge in [0.1, 0.15) is 0 Å². The van der Waals surface area contributed by atoms with E-state index in [4.69, 9.17) is 0 Å². The Labute approximate surface area is 192 Å². The van der Waals surface area contributed by atoms with Gasteiger partial charge in [0.25, 0.3) is 0 Å². The summed E-state index contributed by atoms with van der Waals surface area (Å²) < 4.78 is 0. The topological polar surface area (TPSA) is 37.3 Å². The third-order valence-electron chi connectivity index (χ3n) is 10.9. The fourth-order valence-electron chi connectivity index (χ4n) is 8.80. The Morgan fingerprint density at radius 2 is 1.84 bits per heavy atom. The lowest BCUT2D eigenvalue weighted by Gasteiger charge is -2.68. The third kappa shape index (κ3) is 3.65. The fraction of sp³-hybridized carbons (Fsp3) is 0.828. The Hall–Kier alpha value is -1.05. The molecule has 0 radical (unpaired) electrons. The Kier molecular flexibility index (Phi) is 6.40. The molecule has 0 aliphatic heterocycles. The first-order chi connectivity index (χ1) is 14.2. The summed E-state index contributed by atoms with van der Waals surface area (Å²) in [5.74, 6) is 1.63. The average molecular weight is 429 g/mol. The lowest BCUT2D eigenvalue weighted by Crippen LogP contribution is -2.60. The van der Waals surface area contributed by atoms with Crippen LogP contribution in [-0.4, -0.2) is 11.1 Å². The normalized spacial score (nSPS) is 42.7. The molecular weight excluding hydrogens is 380 g/mol. The van der Waals surface area contributed by atoms with Gasteiger partial charge in [-0.1, -0.05) is 78.7 Å². The number of aliphatic carboxylic acids is 1. The number of carboxylic acid groups (broad SMARTS) is 1. The van der Waals surface area contributed by atoms with Crippen LogP contribution in [0.3, 0.4) is 0 Å². The highest BCUT2D eigenvalue weighted by Gasteiger charge is 2.64. The van der Waals surface area contributed by atoms with Crippen molar-refractivity contribution >= 4 is 5.97 Å². The minimum absolute atomic E-state index is 0.00109. The van der Waals surface area contributed by atoms with E-state index in [0.29, 0.717) is 29.1 Å². The molecule has 3 rings (SSSR count). The molecule has 7 unspecified atom stereocenters. The van der Waals surface area contributed by atoms with Crippen LogP contribution >= 0.6 is 0 Å². The van der Waals surface area contributed by atoms with Gasteiger partial charge in [0.2, 0.25) is 0 Å². The van der Waals surface area contributed by atoms with Gasteiger partial charge in [0, 0.05) is 6.42 Å². The molecule has 31 heavy (non-hydrogen) atoms. The summed E-state index contributed by atoms with van der Waals surface area (Å²) in [5.41, 5.74) is 3.78. The van der Waals surface area contributed by atoms with Gasteiger partial charge in [-0.05, 0) is 90.8 Å². The van der Waals surface area contributed by atoms with Crippen LogP contribution in [0.1, 0.15) is 107 Å². The van der Waals surface area contributed by atoms with E-state index in [0.717, 1.165) is 19.3 Å². The summed E-state index contributed by atoms with van der Waals surface area (Å²) in [6.07, 6.45) is 10.9. The van der Waals surface area contributed by atoms with Gasteiger partial charge in [-0.25, -0.2) is 0 Å². The maximum atomic E-state index is 11.6. The zero-order chi connectivity index (χ0) is 23.4. The van der Waals surface area contributed by atoms with Crippen molar-refractivity contribution in [3.05, 3.63) is 23.8 Å². The number of carboxylic acids is 1. The van der Waals surface area contributed by atoms with E-state index < -0.39 is 5.97 Å². The van der Waals surface area contributed by atoms with Crippen molar-refractivity contribution in [3.8, 4) is 0 Å². The maximum Gasteiger partial charge on any atom is 0.303 e. The van der Waals surface area contributed by atoms with Crippen LogP contribution in [0.15, 0.2) is 23.8 Å². The minimum Gasteiger partial charge on any atom is -0.481 e. The SMILES string of the molecule is C=C(C)C1CCC2(C)C(CC=C3C(C(C)CC)C(C)(C)CCC32C)C1(C)CCC(=O)O. The smallest absolute Gasteiger partial charge is 0.303 e. The lowest BCUT2D eigenvalue weighted by molar-refractivity contribution is -0.147. The molecular formula is C29H48O2. The first-order valence-electron chi connectivity index (χ1n) is 12.8. The van der Waals surface area contributed by atoms with Gasteiger partial charge in [0.05, 0.1) is 0 Å².